The van der Waals surface area contributed by atoms with Crippen LogP contribution in [0.5, 0.6) is 0 Å². The average molecular weight is 309 g/mol. The Balaban J connectivity index is 0.00000161. The van der Waals surface area contributed by atoms with E-state index in [-0.39, 0.29) is 12.4 Å². The van der Waals surface area contributed by atoms with Gasteiger partial charge in [0.25, 0.3) is 0 Å². The summed E-state index contributed by atoms with van der Waals surface area (Å²) in [6, 6.07) is 9.14. The van der Waals surface area contributed by atoms with Crippen molar-refractivity contribution in [2.45, 2.75) is 39.4 Å². The van der Waals surface area contributed by atoms with Crippen LogP contribution in [-0.2, 0) is 13.1 Å². The molecule has 5 heteroatoms. The van der Waals surface area contributed by atoms with Gasteiger partial charge in [0.05, 0.1) is 11.2 Å². The Bertz CT molecular complexity index is 595. The van der Waals surface area contributed by atoms with Gasteiger partial charge in [0, 0.05) is 31.1 Å². The van der Waals surface area contributed by atoms with E-state index < -0.39 is 0 Å². The lowest BCUT2D eigenvalue weighted by Crippen LogP contribution is -2.27. The molecule has 2 atom stereocenters. The zero-order valence-electron chi connectivity index (χ0n) is 12.8. The number of aromatic nitrogens is 2. The molecule has 2 unspecified atom stereocenters. The highest BCUT2D eigenvalue weighted by molar-refractivity contribution is 5.85. The summed E-state index contributed by atoms with van der Waals surface area (Å²) < 4.78 is 2.10. The molecule has 1 saturated heterocycles. The van der Waals surface area contributed by atoms with E-state index >= 15 is 0 Å². The fourth-order valence-electron chi connectivity index (χ4n) is 3.36. The molecule has 1 aliphatic heterocycles. The van der Waals surface area contributed by atoms with Crippen molar-refractivity contribution in [3.8, 4) is 0 Å². The van der Waals surface area contributed by atoms with E-state index in [0.717, 1.165) is 26.2 Å². The van der Waals surface area contributed by atoms with Gasteiger partial charge in [-0.3, -0.25) is 9.58 Å². The fraction of sp³-hybridized carbons (Fsp3) is 0.562. The minimum atomic E-state index is 0. The summed E-state index contributed by atoms with van der Waals surface area (Å²) in [5.41, 5.74) is 8.27. The maximum Gasteiger partial charge on any atom is 0.0843 e. The Hall–Kier alpha value is -1.10. The van der Waals surface area contributed by atoms with Gasteiger partial charge in [-0.15, -0.1) is 12.4 Å². The first kappa shape index (κ1) is 16.3. The SMILES string of the molecule is CCn1nc(CN2CC(CN)CC2C)c2ccccc21.Cl. The predicted molar refractivity (Wildman–Crippen MR) is 89.7 cm³/mol. The quantitative estimate of drug-likeness (QED) is 0.944. The third-order valence-corrected chi connectivity index (χ3v) is 4.51. The van der Waals surface area contributed by atoms with Gasteiger partial charge in [-0.1, -0.05) is 18.2 Å². The van der Waals surface area contributed by atoms with Crippen LogP contribution in [0.1, 0.15) is 26.0 Å². The molecule has 4 nitrogen and oxygen atoms in total. The average Bonchev–Trinajstić information content (AvgIpc) is 3.01. The molecule has 0 spiro atoms. The molecule has 1 aromatic carbocycles. The van der Waals surface area contributed by atoms with Crippen molar-refractivity contribution in [2.75, 3.05) is 13.1 Å². The highest BCUT2D eigenvalue weighted by atomic mass is 35.5. The molecular weight excluding hydrogens is 284 g/mol. The number of fused-ring (bicyclic) bond motifs is 1. The van der Waals surface area contributed by atoms with E-state index in [2.05, 4.69) is 47.7 Å². The Morgan fingerprint density at radius 1 is 1.33 bits per heavy atom. The lowest BCUT2D eigenvalue weighted by atomic mass is 10.1. The number of nitrogens with zero attached hydrogens (tertiary/aromatic N) is 3. The highest BCUT2D eigenvalue weighted by Gasteiger charge is 2.28. The maximum atomic E-state index is 5.82. The number of likely N-dealkylation sites (tertiary alicyclic amines) is 1. The van der Waals surface area contributed by atoms with Crippen LogP contribution < -0.4 is 5.73 Å². The van der Waals surface area contributed by atoms with Gasteiger partial charge in [0.1, 0.15) is 0 Å². The standard InChI is InChI=1S/C16H24N4.ClH/c1-3-20-16-7-5-4-6-14(16)15(18-20)11-19-10-13(9-17)8-12(19)2;/h4-7,12-13H,3,8-11,17H2,1-2H3;1H. The van der Waals surface area contributed by atoms with E-state index in [0.29, 0.717) is 12.0 Å². The molecule has 3 rings (SSSR count). The number of para-hydroxylation sites is 1. The first-order valence-corrected chi connectivity index (χ1v) is 7.61. The number of nitrogens with two attached hydrogens (primary N) is 1. The molecule has 0 amide bonds. The number of benzene rings is 1. The van der Waals surface area contributed by atoms with Gasteiger partial charge in [0.15, 0.2) is 0 Å². The predicted octanol–water partition coefficient (Wildman–Crippen LogP) is 2.65. The van der Waals surface area contributed by atoms with Crippen LogP contribution >= 0.6 is 12.4 Å². The molecule has 0 aliphatic carbocycles. The van der Waals surface area contributed by atoms with Crippen LogP contribution in [-0.4, -0.2) is 33.8 Å². The molecule has 0 saturated carbocycles. The molecule has 1 aliphatic rings. The Morgan fingerprint density at radius 3 is 2.76 bits per heavy atom. The van der Waals surface area contributed by atoms with Crippen molar-refractivity contribution in [3.63, 3.8) is 0 Å². The minimum Gasteiger partial charge on any atom is -0.330 e. The normalized spacial score (nSPS) is 22.6. The molecule has 2 aromatic rings. The molecule has 2 heterocycles. The Kier molecular flexibility index (Phi) is 5.25. The third kappa shape index (κ3) is 3.07. The molecule has 116 valence electrons. The number of hydrogen-bond acceptors (Lipinski definition) is 3. The summed E-state index contributed by atoms with van der Waals surface area (Å²) in [4.78, 5) is 2.52. The number of halogens is 1. The summed E-state index contributed by atoms with van der Waals surface area (Å²) in [6.07, 6.45) is 1.21. The molecule has 2 N–H and O–H groups in total. The van der Waals surface area contributed by atoms with Crippen molar-refractivity contribution in [2.24, 2.45) is 11.7 Å². The summed E-state index contributed by atoms with van der Waals surface area (Å²) in [7, 11) is 0. The fourth-order valence-corrected chi connectivity index (χ4v) is 3.36. The third-order valence-electron chi connectivity index (χ3n) is 4.51. The monoisotopic (exact) mass is 308 g/mol. The zero-order valence-corrected chi connectivity index (χ0v) is 13.6. The molecule has 0 radical (unpaired) electrons. The van der Waals surface area contributed by atoms with Gasteiger partial charge < -0.3 is 5.73 Å². The smallest absolute Gasteiger partial charge is 0.0843 e. The first-order valence-electron chi connectivity index (χ1n) is 7.61. The van der Waals surface area contributed by atoms with Crippen molar-refractivity contribution < 1.29 is 0 Å². The summed E-state index contributed by atoms with van der Waals surface area (Å²) in [5, 5.41) is 6.09. The number of aryl methyl sites for hydroxylation is 1. The van der Waals surface area contributed by atoms with Gasteiger partial charge >= 0.3 is 0 Å². The second-order valence-corrected chi connectivity index (χ2v) is 5.90. The number of hydrogen-bond donors (Lipinski definition) is 1. The molecular formula is C16H25ClN4. The second kappa shape index (κ2) is 6.77. The van der Waals surface area contributed by atoms with Crippen LogP contribution in [0.3, 0.4) is 0 Å². The van der Waals surface area contributed by atoms with Crippen molar-refractivity contribution in [1.82, 2.24) is 14.7 Å². The van der Waals surface area contributed by atoms with Crippen LogP contribution in [0.15, 0.2) is 24.3 Å². The lowest BCUT2D eigenvalue weighted by molar-refractivity contribution is 0.253. The maximum absolute atomic E-state index is 5.82. The van der Waals surface area contributed by atoms with E-state index in [4.69, 9.17) is 10.8 Å². The Labute approximate surface area is 132 Å². The Morgan fingerprint density at radius 2 is 2.10 bits per heavy atom. The van der Waals surface area contributed by atoms with Crippen LogP contribution in [0.4, 0.5) is 0 Å². The van der Waals surface area contributed by atoms with Gasteiger partial charge in [-0.05, 0) is 38.8 Å². The molecule has 1 fully saturated rings. The molecule has 1 aromatic heterocycles. The topological polar surface area (TPSA) is 47.1 Å². The minimum absolute atomic E-state index is 0. The van der Waals surface area contributed by atoms with Crippen molar-refractivity contribution in [3.05, 3.63) is 30.0 Å². The molecule has 0 bridgehead atoms. The second-order valence-electron chi connectivity index (χ2n) is 5.90. The summed E-state index contributed by atoms with van der Waals surface area (Å²) in [5.74, 6) is 0.643. The summed E-state index contributed by atoms with van der Waals surface area (Å²) >= 11 is 0. The van der Waals surface area contributed by atoms with E-state index in [1.165, 1.54) is 23.0 Å². The highest BCUT2D eigenvalue weighted by Crippen LogP contribution is 2.26. The lowest BCUT2D eigenvalue weighted by Gasteiger charge is -2.19. The van der Waals surface area contributed by atoms with Crippen LogP contribution in [0, 0.1) is 5.92 Å². The largest absolute Gasteiger partial charge is 0.330 e. The van der Waals surface area contributed by atoms with Gasteiger partial charge in [0.2, 0.25) is 0 Å². The van der Waals surface area contributed by atoms with Gasteiger partial charge in [-0.2, -0.15) is 5.10 Å². The van der Waals surface area contributed by atoms with E-state index in [1.807, 2.05) is 0 Å². The van der Waals surface area contributed by atoms with Crippen molar-refractivity contribution >= 4 is 23.3 Å². The van der Waals surface area contributed by atoms with E-state index in [1.54, 1.807) is 0 Å². The van der Waals surface area contributed by atoms with Gasteiger partial charge in [-0.25, -0.2) is 0 Å². The molecule has 21 heavy (non-hydrogen) atoms. The van der Waals surface area contributed by atoms with Crippen molar-refractivity contribution in [1.29, 1.82) is 0 Å². The first-order chi connectivity index (χ1) is 9.72. The van der Waals surface area contributed by atoms with E-state index in [9.17, 15) is 0 Å². The zero-order chi connectivity index (χ0) is 14.1. The van der Waals surface area contributed by atoms with Crippen LogP contribution in [0.2, 0.25) is 0 Å². The van der Waals surface area contributed by atoms with Crippen LogP contribution in [0.25, 0.3) is 10.9 Å². The number of rotatable bonds is 4. The summed E-state index contributed by atoms with van der Waals surface area (Å²) in [6.45, 7) is 8.20.